The number of halogens is 2. The van der Waals surface area contributed by atoms with Gasteiger partial charge in [-0.2, -0.15) is 5.11 Å². The zero-order valence-corrected chi connectivity index (χ0v) is 12.1. The molecule has 0 spiro atoms. The predicted octanol–water partition coefficient (Wildman–Crippen LogP) is 2.46. The third kappa shape index (κ3) is 2.07. The van der Waals surface area contributed by atoms with Crippen LogP contribution in [-0.4, -0.2) is 23.9 Å². The van der Waals surface area contributed by atoms with E-state index in [9.17, 15) is 18.4 Å². The van der Waals surface area contributed by atoms with Crippen LogP contribution in [0.1, 0.15) is 0 Å². The number of amides is 2. The van der Waals surface area contributed by atoms with E-state index < -0.39 is 35.5 Å². The Bertz CT molecular complexity index is 869. The van der Waals surface area contributed by atoms with Crippen LogP contribution >= 0.6 is 0 Å². The maximum absolute atomic E-state index is 13.4. The number of carbonyl (C=O) groups is 2. The summed E-state index contributed by atoms with van der Waals surface area (Å²) in [5.41, 5.74) is 0.587. The number of benzene rings is 2. The van der Waals surface area contributed by atoms with Crippen LogP contribution in [0.4, 0.5) is 20.2 Å². The zero-order valence-electron chi connectivity index (χ0n) is 12.1. The molecule has 2 aromatic rings. The molecule has 8 heteroatoms. The third-order valence-electron chi connectivity index (χ3n) is 3.94. The molecule has 2 heterocycles. The lowest BCUT2D eigenvalue weighted by Gasteiger charge is -2.20. The molecule has 2 aliphatic rings. The Balaban J connectivity index is 1.70. The molecular formula is C16H10F2N4O2. The van der Waals surface area contributed by atoms with Crippen molar-refractivity contribution in [3.63, 3.8) is 0 Å². The summed E-state index contributed by atoms with van der Waals surface area (Å²) in [6.45, 7) is 0. The highest BCUT2D eigenvalue weighted by atomic mass is 19.1. The van der Waals surface area contributed by atoms with Gasteiger partial charge in [-0.1, -0.05) is 11.3 Å². The molecule has 24 heavy (non-hydrogen) atoms. The van der Waals surface area contributed by atoms with E-state index in [0.29, 0.717) is 5.69 Å². The van der Waals surface area contributed by atoms with Crippen LogP contribution in [0.3, 0.4) is 0 Å². The van der Waals surface area contributed by atoms with Crippen molar-refractivity contribution in [3.8, 4) is 0 Å². The summed E-state index contributed by atoms with van der Waals surface area (Å²) in [7, 11) is 0. The number of nitrogens with zero attached hydrogens (tertiary/aromatic N) is 4. The number of hydrogen-bond acceptors (Lipinski definition) is 5. The van der Waals surface area contributed by atoms with E-state index in [1.54, 1.807) is 6.07 Å². The fourth-order valence-electron chi connectivity index (χ4n) is 2.84. The highest BCUT2D eigenvalue weighted by molar-refractivity contribution is 6.26. The van der Waals surface area contributed by atoms with Crippen molar-refractivity contribution in [3.05, 3.63) is 60.2 Å². The van der Waals surface area contributed by atoms with Gasteiger partial charge in [-0.25, -0.2) is 18.7 Å². The van der Waals surface area contributed by atoms with Crippen LogP contribution in [0.15, 0.2) is 58.9 Å². The van der Waals surface area contributed by atoms with Gasteiger partial charge in [-0.15, -0.1) is 0 Å². The molecule has 2 aromatic carbocycles. The minimum atomic E-state index is -0.995. The monoisotopic (exact) mass is 328 g/mol. The second kappa shape index (κ2) is 5.19. The smallest absolute Gasteiger partial charge is 0.263 e. The van der Waals surface area contributed by atoms with Crippen LogP contribution in [0, 0.1) is 11.6 Å². The summed E-state index contributed by atoms with van der Waals surface area (Å²) < 4.78 is 26.5. The molecule has 0 N–H and O–H groups in total. The maximum Gasteiger partial charge on any atom is 0.263 e. The maximum atomic E-state index is 13.4. The molecule has 0 saturated carbocycles. The molecule has 0 unspecified atom stereocenters. The molecule has 1 fully saturated rings. The molecule has 2 amide bonds. The molecule has 0 radical (unpaired) electrons. The zero-order chi connectivity index (χ0) is 16.8. The molecule has 2 aliphatic heterocycles. The van der Waals surface area contributed by atoms with E-state index >= 15 is 0 Å². The Labute approximate surface area is 135 Å². The van der Waals surface area contributed by atoms with E-state index in [0.717, 1.165) is 17.0 Å². The number of anilines is 2. The lowest BCUT2D eigenvalue weighted by atomic mass is 10.1. The van der Waals surface area contributed by atoms with Gasteiger partial charge in [0.1, 0.15) is 11.6 Å². The van der Waals surface area contributed by atoms with E-state index in [1.807, 2.05) is 0 Å². The fourth-order valence-corrected chi connectivity index (χ4v) is 2.84. The van der Waals surface area contributed by atoms with E-state index in [4.69, 9.17) is 0 Å². The number of imide groups is 1. The second-order valence-electron chi connectivity index (χ2n) is 5.41. The number of carbonyl (C=O) groups excluding carboxylic acids is 2. The molecule has 0 bridgehead atoms. The Kier molecular flexibility index (Phi) is 3.12. The molecule has 4 rings (SSSR count). The van der Waals surface area contributed by atoms with Crippen molar-refractivity contribution >= 4 is 23.2 Å². The van der Waals surface area contributed by atoms with Crippen molar-refractivity contribution in [1.82, 2.24) is 0 Å². The molecule has 0 aliphatic carbocycles. The summed E-state index contributed by atoms with van der Waals surface area (Å²) in [4.78, 5) is 26.1. The summed E-state index contributed by atoms with van der Waals surface area (Å²) in [6, 6.07) is 8.57. The fraction of sp³-hybridized carbons (Fsp3) is 0.125. The largest absolute Gasteiger partial charge is 0.271 e. The Morgan fingerprint density at radius 3 is 2.33 bits per heavy atom. The van der Waals surface area contributed by atoms with Crippen LogP contribution in [-0.2, 0) is 9.59 Å². The normalized spacial score (nSPS) is 22.4. The van der Waals surface area contributed by atoms with E-state index in [-0.39, 0.29) is 5.69 Å². The second-order valence-corrected chi connectivity index (χ2v) is 5.41. The topological polar surface area (TPSA) is 65.3 Å². The van der Waals surface area contributed by atoms with Crippen molar-refractivity contribution in [2.45, 2.75) is 12.1 Å². The molecule has 2 atom stereocenters. The van der Waals surface area contributed by atoms with Crippen LogP contribution in [0.5, 0.6) is 0 Å². The molecular weight excluding hydrogens is 318 g/mol. The van der Waals surface area contributed by atoms with Crippen molar-refractivity contribution in [2.75, 3.05) is 9.91 Å². The van der Waals surface area contributed by atoms with Crippen molar-refractivity contribution in [2.24, 2.45) is 10.3 Å². The van der Waals surface area contributed by atoms with Gasteiger partial charge in [0.05, 0.1) is 11.4 Å². The predicted molar refractivity (Wildman–Crippen MR) is 80.2 cm³/mol. The first-order chi connectivity index (χ1) is 11.6. The van der Waals surface area contributed by atoms with Gasteiger partial charge < -0.3 is 0 Å². The lowest BCUT2D eigenvalue weighted by molar-refractivity contribution is -0.121. The summed E-state index contributed by atoms with van der Waals surface area (Å²) in [5, 5.41) is 8.92. The third-order valence-corrected chi connectivity index (χ3v) is 3.94. The summed E-state index contributed by atoms with van der Waals surface area (Å²) in [5.74, 6) is -2.04. The molecule has 0 aromatic heterocycles. The van der Waals surface area contributed by atoms with E-state index in [1.165, 1.54) is 35.3 Å². The van der Waals surface area contributed by atoms with Crippen molar-refractivity contribution in [1.29, 1.82) is 0 Å². The SMILES string of the molecule is O=C1[C@H]2N=NN(c3cccc(F)c3)[C@H]2C(=O)N1c1ccc(F)cc1. The van der Waals surface area contributed by atoms with Crippen LogP contribution < -0.4 is 9.91 Å². The first-order valence-corrected chi connectivity index (χ1v) is 7.15. The molecule has 120 valence electrons. The van der Waals surface area contributed by atoms with Gasteiger partial charge >= 0.3 is 0 Å². The van der Waals surface area contributed by atoms with E-state index in [2.05, 4.69) is 10.3 Å². The quantitative estimate of drug-likeness (QED) is 0.796. The van der Waals surface area contributed by atoms with Crippen LogP contribution in [0.25, 0.3) is 0 Å². The van der Waals surface area contributed by atoms with Gasteiger partial charge in [0.15, 0.2) is 12.1 Å². The standard InChI is InChI=1S/C16H10F2N4O2/c17-9-4-6-11(7-5-9)21-15(23)13-14(16(21)24)22(20-19-13)12-3-1-2-10(18)8-12/h1-8,13-14H/t13-,14+/m0/s1. The molecule has 6 nitrogen and oxygen atoms in total. The highest BCUT2D eigenvalue weighted by Crippen LogP contribution is 2.34. The first-order valence-electron chi connectivity index (χ1n) is 7.15. The Morgan fingerprint density at radius 1 is 0.875 bits per heavy atom. The van der Waals surface area contributed by atoms with Gasteiger partial charge in [0, 0.05) is 0 Å². The van der Waals surface area contributed by atoms with Crippen molar-refractivity contribution < 1.29 is 18.4 Å². The first kappa shape index (κ1) is 14.4. The average Bonchev–Trinajstić information content (AvgIpc) is 3.10. The number of rotatable bonds is 2. The van der Waals surface area contributed by atoms with Gasteiger partial charge in [0.25, 0.3) is 11.8 Å². The minimum Gasteiger partial charge on any atom is -0.271 e. The summed E-state index contributed by atoms with van der Waals surface area (Å²) >= 11 is 0. The summed E-state index contributed by atoms with van der Waals surface area (Å²) in [6.07, 6.45) is 0. The van der Waals surface area contributed by atoms with Gasteiger partial charge in [-0.3, -0.25) is 9.59 Å². The van der Waals surface area contributed by atoms with Gasteiger partial charge in [0.2, 0.25) is 0 Å². The highest BCUT2D eigenvalue weighted by Gasteiger charge is 2.55. The van der Waals surface area contributed by atoms with Crippen LogP contribution in [0.2, 0.25) is 0 Å². The average molecular weight is 328 g/mol. The minimum absolute atomic E-state index is 0.259. The lowest BCUT2D eigenvalue weighted by Crippen LogP contribution is -2.39. The molecule has 1 saturated heterocycles. The number of fused-ring (bicyclic) bond motifs is 1. The number of hydrogen-bond donors (Lipinski definition) is 0. The Hall–Kier alpha value is -3.16. The Morgan fingerprint density at radius 2 is 1.62 bits per heavy atom. The van der Waals surface area contributed by atoms with Gasteiger partial charge in [-0.05, 0) is 42.5 Å².